The number of amides is 1. The normalized spacial score (nSPS) is 15.9. The van der Waals surface area contributed by atoms with Crippen LogP contribution in [0.3, 0.4) is 0 Å². The van der Waals surface area contributed by atoms with Gasteiger partial charge in [0.15, 0.2) is 0 Å². The number of thiazole rings is 1. The highest BCUT2D eigenvalue weighted by molar-refractivity contribution is 7.17. The first-order valence-electron chi connectivity index (χ1n) is 7.37. The van der Waals surface area contributed by atoms with Crippen LogP contribution in [-0.2, 0) is 0 Å². The molecule has 0 N–H and O–H groups in total. The summed E-state index contributed by atoms with van der Waals surface area (Å²) in [5.74, 6) is -1.45. The van der Waals surface area contributed by atoms with Crippen LogP contribution >= 0.6 is 11.3 Å². The number of carbonyl (C=O) groups is 1. The first-order valence-corrected chi connectivity index (χ1v) is 8.18. The monoisotopic (exact) mass is 337 g/mol. The van der Waals surface area contributed by atoms with Crippen molar-refractivity contribution in [2.75, 3.05) is 33.2 Å². The highest BCUT2D eigenvalue weighted by atomic mass is 32.1. The van der Waals surface area contributed by atoms with E-state index in [1.165, 1.54) is 18.2 Å². The van der Waals surface area contributed by atoms with Crippen molar-refractivity contribution in [2.45, 2.75) is 6.92 Å². The number of halogens is 2. The molecule has 1 aromatic carbocycles. The summed E-state index contributed by atoms with van der Waals surface area (Å²) >= 11 is 1.05. The number of aryl methyl sites for hydroxylation is 1. The molecule has 0 spiro atoms. The van der Waals surface area contributed by atoms with Crippen molar-refractivity contribution in [2.24, 2.45) is 0 Å². The first-order chi connectivity index (χ1) is 11.0. The molecule has 1 amide bonds. The second kappa shape index (κ2) is 6.33. The topological polar surface area (TPSA) is 36.4 Å². The molecular weight excluding hydrogens is 320 g/mol. The number of benzene rings is 1. The molecule has 2 aromatic rings. The minimum atomic E-state index is -0.669. The summed E-state index contributed by atoms with van der Waals surface area (Å²) in [6, 6.07) is 3.69. The van der Waals surface area contributed by atoms with Crippen molar-refractivity contribution < 1.29 is 13.6 Å². The fourth-order valence-corrected chi connectivity index (χ4v) is 3.64. The Morgan fingerprint density at radius 1 is 1.17 bits per heavy atom. The summed E-state index contributed by atoms with van der Waals surface area (Å²) in [5.41, 5.74) is 0.342. The van der Waals surface area contributed by atoms with E-state index in [9.17, 15) is 13.6 Å². The van der Waals surface area contributed by atoms with Crippen LogP contribution in [0.1, 0.15) is 15.4 Å². The minimum absolute atomic E-state index is 0.115. The zero-order chi connectivity index (χ0) is 16.6. The second-order valence-electron chi connectivity index (χ2n) is 5.63. The van der Waals surface area contributed by atoms with Crippen molar-refractivity contribution >= 4 is 17.2 Å². The first kappa shape index (κ1) is 16.0. The summed E-state index contributed by atoms with van der Waals surface area (Å²) in [6.45, 7) is 4.63. The molecule has 3 rings (SSSR count). The lowest BCUT2D eigenvalue weighted by molar-refractivity contribution is 0.0668. The van der Waals surface area contributed by atoms with E-state index in [-0.39, 0.29) is 16.5 Å². The molecule has 4 nitrogen and oxygen atoms in total. The number of likely N-dealkylation sites (N-methyl/N-ethyl adjacent to an activating group) is 1. The molecule has 0 radical (unpaired) electrons. The van der Waals surface area contributed by atoms with Crippen molar-refractivity contribution in [3.8, 4) is 10.6 Å². The van der Waals surface area contributed by atoms with Gasteiger partial charge in [0.05, 0.1) is 11.3 Å². The maximum Gasteiger partial charge on any atom is 0.265 e. The minimum Gasteiger partial charge on any atom is -0.335 e. The van der Waals surface area contributed by atoms with Crippen LogP contribution in [0.15, 0.2) is 18.2 Å². The SMILES string of the molecule is Cc1nc(-c2c(F)cccc2F)sc1C(=O)N1CCN(C)CC1. The molecule has 0 atom stereocenters. The summed E-state index contributed by atoms with van der Waals surface area (Å²) in [7, 11) is 2.01. The second-order valence-corrected chi connectivity index (χ2v) is 6.62. The van der Waals surface area contributed by atoms with Crippen LogP contribution in [0.4, 0.5) is 8.78 Å². The van der Waals surface area contributed by atoms with Gasteiger partial charge in [-0.2, -0.15) is 0 Å². The molecule has 1 aliphatic heterocycles. The molecule has 1 saturated heterocycles. The van der Waals surface area contributed by atoms with Gasteiger partial charge in [-0.15, -0.1) is 11.3 Å². The van der Waals surface area contributed by atoms with Crippen molar-refractivity contribution in [3.63, 3.8) is 0 Å². The molecule has 0 unspecified atom stereocenters. The maximum atomic E-state index is 13.9. The summed E-state index contributed by atoms with van der Waals surface area (Å²) in [4.78, 5) is 21.2. The smallest absolute Gasteiger partial charge is 0.265 e. The number of carbonyl (C=O) groups excluding carboxylic acids is 1. The lowest BCUT2D eigenvalue weighted by Gasteiger charge is -2.32. The zero-order valence-electron chi connectivity index (χ0n) is 13.0. The van der Waals surface area contributed by atoms with E-state index in [0.29, 0.717) is 23.7 Å². The van der Waals surface area contributed by atoms with E-state index in [1.54, 1.807) is 11.8 Å². The Bertz CT molecular complexity index is 719. The Balaban J connectivity index is 1.91. The Labute approximate surface area is 137 Å². The molecular formula is C16H17F2N3OS. The van der Waals surface area contributed by atoms with Gasteiger partial charge in [-0.1, -0.05) is 6.07 Å². The van der Waals surface area contributed by atoms with Gasteiger partial charge in [-0.05, 0) is 26.1 Å². The predicted molar refractivity (Wildman–Crippen MR) is 85.6 cm³/mol. The van der Waals surface area contributed by atoms with Crippen LogP contribution in [0.25, 0.3) is 10.6 Å². The van der Waals surface area contributed by atoms with Crippen LogP contribution in [0, 0.1) is 18.6 Å². The molecule has 1 aromatic heterocycles. The Hall–Kier alpha value is -1.86. The van der Waals surface area contributed by atoms with E-state index in [0.717, 1.165) is 24.4 Å². The van der Waals surface area contributed by atoms with Crippen LogP contribution in [0.2, 0.25) is 0 Å². The lowest BCUT2D eigenvalue weighted by Crippen LogP contribution is -2.47. The number of rotatable bonds is 2. The van der Waals surface area contributed by atoms with Crippen LogP contribution in [-0.4, -0.2) is 53.9 Å². The van der Waals surface area contributed by atoms with Crippen LogP contribution < -0.4 is 0 Å². The van der Waals surface area contributed by atoms with Gasteiger partial charge in [0.1, 0.15) is 21.5 Å². The lowest BCUT2D eigenvalue weighted by atomic mass is 10.2. The largest absolute Gasteiger partial charge is 0.335 e. The van der Waals surface area contributed by atoms with Gasteiger partial charge in [0, 0.05) is 26.2 Å². The van der Waals surface area contributed by atoms with Gasteiger partial charge in [0.25, 0.3) is 5.91 Å². The van der Waals surface area contributed by atoms with E-state index < -0.39 is 11.6 Å². The summed E-state index contributed by atoms with van der Waals surface area (Å²) < 4.78 is 27.8. The fourth-order valence-electron chi connectivity index (χ4n) is 2.56. The van der Waals surface area contributed by atoms with Gasteiger partial charge in [-0.25, -0.2) is 13.8 Å². The number of piperazine rings is 1. The third-order valence-electron chi connectivity index (χ3n) is 3.96. The van der Waals surface area contributed by atoms with Crippen molar-refractivity contribution in [3.05, 3.63) is 40.4 Å². The molecule has 2 heterocycles. The standard InChI is InChI=1S/C16H17F2N3OS/c1-10-14(16(22)21-8-6-20(2)7-9-21)23-15(19-10)13-11(17)4-3-5-12(13)18/h3-5H,6-9H2,1-2H3. The number of nitrogens with zero attached hydrogens (tertiary/aromatic N) is 3. The van der Waals surface area contributed by atoms with E-state index in [4.69, 9.17) is 0 Å². The molecule has 122 valence electrons. The number of hydrogen-bond acceptors (Lipinski definition) is 4. The number of hydrogen-bond donors (Lipinski definition) is 0. The van der Waals surface area contributed by atoms with Crippen molar-refractivity contribution in [1.82, 2.24) is 14.8 Å². The van der Waals surface area contributed by atoms with Crippen LogP contribution in [0.5, 0.6) is 0 Å². The molecule has 1 aliphatic rings. The Morgan fingerprint density at radius 2 is 1.78 bits per heavy atom. The van der Waals surface area contributed by atoms with Gasteiger partial charge < -0.3 is 9.80 Å². The van der Waals surface area contributed by atoms with E-state index in [1.807, 2.05) is 7.05 Å². The van der Waals surface area contributed by atoms with Gasteiger partial charge >= 0.3 is 0 Å². The molecule has 0 saturated carbocycles. The Morgan fingerprint density at radius 3 is 2.39 bits per heavy atom. The molecule has 0 aliphatic carbocycles. The van der Waals surface area contributed by atoms with E-state index >= 15 is 0 Å². The molecule has 1 fully saturated rings. The highest BCUT2D eigenvalue weighted by Crippen LogP contribution is 2.32. The van der Waals surface area contributed by atoms with E-state index in [2.05, 4.69) is 9.88 Å². The quantitative estimate of drug-likeness (QED) is 0.845. The highest BCUT2D eigenvalue weighted by Gasteiger charge is 2.25. The maximum absolute atomic E-state index is 13.9. The average molecular weight is 337 g/mol. The average Bonchev–Trinajstić information content (AvgIpc) is 2.89. The summed E-state index contributed by atoms with van der Waals surface area (Å²) in [6.07, 6.45) is 0. The third-order valence-corrected chi connectivity index (χ3v) is 5.12. The zero-order valence-corrected chi connectivity index (χ0v) is 13.8. The summed E-state index contributed by atoms with van der Waals surface area (Å²) in [5, 5.41) is 0.204. The molecule has 0 bridgehead atoms. The third kappa shape index (κ3) is 3.11. The number of aromatic nitrogens is 1. The Kier molecular flexibility index (Phi) is 4.41. The molecule has 7 heteroatoms. The predicted octanol–water partition coefficient (Wildman–Crippen LogP) is 2.78. The van der Waals surface area contributed by atoms with Gasteiger partial charge in [0.2, 0.25) is 0 Å². The fraction of sp³-hybridized carbons (Fsp3) is 0.375. The van der Waals surface area contributed by atoms with Gasteiger partial charge in [-0.3, -0.25) is 4.79 Å². The van der Waals surface area contributed by atoms with Crippen molar-refractivity contribution in [1.29, 1.82) is 0 Å². The molecule has 23 heavy (non-hydrogen) atoms.